The average Bonchev–Trinajstić information content (AvgIpc) is 3.21. The molecule has 0 unspecified atom stereocenters. The van der Waals surface area contributed by atoms with Crippen LogP contribution in [0.1, 0.15) is 57.6 Å². The number of carbonyl (C=O) groups excluding carboxylic acids is 4. The lowest BCUT2D eigenvalue weighted by atomic mass is 9.86. The highest BCUT2D eigenvalue weighted by Crippen LogP contribution is 2.30. The Labute approximate surface area is 252 Å². The maximum Gasteiger partial charge on any atom is 0.313 e. The number of likely N-dealkylation sites (tertiary alicyclic amines) is 1. The van der Waals surface area contributed by atoms with Gasteiger partial charge in [0.05, 0.1) is 12.3 Å². The number of carboxylic acid groups (broad SMARTS) is 1. The standard InChI is InChI=1S/C31H36F3N3O7/c1-17-13-20(32)26(34)27(25(17)33)44-16-23(38)22(14-24(39)40)36-28(41)18-9-7-8-12-37(15-18)30(43)29(42)35-21-11-6-5-10-19(21)31(2,3)4/h5-6,10-11,13,18,22H,7-9,12,14-16H2,1-4H3,(H,35,42)(H,36,41)(H,39,40)/t18-,22+/m1/s1. The van der Waals surface area contributed by atoms with E-state index < -0.39 is 77.7 Å². The minimum atomic E-state index is -1.66. The summed E-state index contributed by atoms with van der Waals surface area (Å²) in [7, 11) is 0. The van der Waals surface area contributed by atoms with Crippen LogP contribution in [0.25, 0.3) is 0 Å². The maximum atomic E-state index is 14.3. The first-order chi connectivity index (χ1) is 20.6. The topological polar surface area (TPSA) is 142 Å². The summed E-state index contributed by atoms with van der Waals surface area (Å²) in [5, 5.41) is 14.3. The Morgan fingerprint density at radius 1 is 1.07 bits per heavy atom. The molecule has 0 spiro atoms. The van der Waals surface area contributed by atoms with Gasteiger partial charge < -0.3 is 25.4 Å². The minimum absolute atomic E-state index is 0.164. The number of aliphatic carboxylic acids is 1. The quantitative estimate of drug-likeness (QED) is 0.286. The number of carbonyl (C=O) groups is 5. The van der Waals surface area contributed by atoms with Gasteiger partial charge in [0.25, 0.3) is 0 Å². The summed E-state index contributed by atoms with van der Waals surface area (Å²) in [6.07, 6.45) is 0.422. The van der Waals surface area contributed by atoms with E-state index in [1.165, 1.54) is 4.90 Å². The molecule has 2 aromatic rings. The van der Waals surface area contributed by atoms with Gasteiger partial charge in [-0.05, 0) is 48.4 Å². The van der Waals surface area contributed by atoms with Crippen LogP contribution in [0.3, 0.4) is 0 Å². The van der Waals surface area contributed by atoms with Crippen molar-refractivity contribution in [2.75, 3.05) is 25.0 Å². The molecule has 3 N–H and O–H groups in total. The van der Waals surface area contributed by atoms with Gasteiger partial charge in [-0.2, -0.15) is 4.39 Å². The fourth-order valence-corrected chi connectivity index (χ4v) is 4.89. The smallest absolute Gasteiger partial charge is 0.313 e. The molecule has 3 rings (SSSR count). The van der Waals surface area contributed by atoms with Crippen LogP contribution in [0.4, 0.5) is 18.9 Å². The lowest BCUT2D eigenvalue weighted by molar-refractivity contribution is -0.144. The number of anilines is 1. The molecule has 0 radical (unpaired) electrons. The molecule has 0 aromatic heterocycles. The number of hydrogen-bond donors (Lipinski definition) is 3. The monoisotopic (exact) mass is 619 g/mol. The van der Waals surface area contributed by atoms with Crippen molar-refractivity contribution in [3.05, 3.63) is 58.9 Å². The van der Waals surface area contributed by atoms with Crippen LogP contribution in [-0.4, -0.2) is 65.2 Å². The Balaban J connectivity index is 1.69. The maximum absolute atomic E-state index is 14.3. The third-order valence-corrected chi connectivity index (χ3v) is 7.25. The summed E-state index contributed by atoms with van der Waals surface area (Å²) in [5.41, 5.74) is 0.714. The molecule has 44 heavy (non-hydrogen) atoms. The van der Waals surface area contributed by atoms with Crippen LogP contribution in [0.15, 0.2) is 30.3 Å². The number of halogens is 3. The Morgan fingerprint density at radius 3 is 2.41 bits per heavy atom. The van der Waals surface area contributed by atoms with Crippen molar-refractivity contribution in [3.8, 4) is 5.75 Å². The van der Waals surface area contributed by atoms with Crippen LogP contribution in [0, 0.1) is 30.3 Å². The SMILES string of the molecule is Cc1cc(F)c(F)c(OCC(=O)[C@H](CC(=O)O)NC(=O)[C@@H]2CCCCN(C(=O)C(=O)Nc3ccccc3C(C)(C)C)C2)c1F. The molecule has 0 saturated carbocycles. The van der Waals surface area contributed by atoms with Crippen molar-refractivity contribution in [3.63, 3.8) is 0 Å². The number of carboxylic acids is 1. The summed E-state index contributed by atoms with van der Waals surface area (Å²) >= 11 is 0. The number of rotatable bonds is 9. The predicted molar refractivity (Wildman–Crippen MR) is 153 cm³/mol. The van der Waals surface area contributed by atoms with Gasteiger partial charge in [0, 0.05) is 18.8 Å². The number of aryl methyl sites for hydroxylation is 1. The molecule has 3 amide bonds. The van der Waals surface area contributed by atoms with Crippen molar-refractivity contribution >= 4 is 35.2 Å². The van der Waals surface area contributed by atoms with Crippen LogP contribution >= 0.6 is 0 Å². The van der Waals surface area contributed by atoms with E-state index in [9.17, 15) is 42.3 Å². The van der Waals surface area contributed by atoms with Crippen molar-refractivity contribution in [2.24, 2.45) is 5.92 Å². The molecule has 238 valence electrons. The molecule has 2 aromatic carbocycles. The Kier molecular flexibility index (Phi) is 11.1. The summed E-state index contributed by atoms with van der Waals surface area (Å²) in [6, 6.07) is 6.05. The lowest BCUT2D eigenvalue weighted by Crippen LogP contribution is -2.49. The Morgan fingerprint density at radius 2 is 1.75 bits per heavy atom. The molecule has 1 fully saturated rings. The Bertz CT molecular complexity index is 1420. The molecule has 13 heteroatoms. The molecule has 1 aliphatic heterocycles. The Hall–Kier alpha value is -4.42. The number of para-hydroxylation sites is 1. The second kappa shape index (κ2) is 14.4. The molecular formula is C31H36F3N3O7. The van der Waals surface area contributed by atoms with E-state index in [4.69, 9.17) is 4.74 Å². The van der Waals surface area contributed by atoms with Gasteiger partial charge >= 0.3 is 17.8 Å². The van der Waals surface area contributed by atoms with Gasteiger partial charge in [0.1, 0.15) is 12.6 Å². The van der Waals surface area contributed by atoms with Crippen molar-refractivity contribution in [1.29, 1.82) is 0 Å². The molecule has 0 bridgehead atoms. The normalized spacial score (nSPS) is 16.0. The highest BCUT2D eigenvalue weighted by atomic mass is 19.2. The van der Waals surface area contributed by atoms with Crippen molar-refractivity contribution in [2.45, 2.75) is 64.8 Å². The number of nitrogens with zero attached hydrogens (tertiary/aromatic N) is 1. The number of hydrogen-bond acceptors (Lipinski definition) is 6. The molecule has 1 heterocycles. The molecule has 0 aliphatic carbocycles. The highest BCUT2D eigenvalue weighted by molar-refractivity contribution is 6.39. The zero-order valence-electron chi connectivity index (χ0n) is 25.0. The van der Waals surface area contributed by atoms with E-state index in [0.717, 1.165) is 12.5 Å². The van der Waals surface area contributed by atoms with E-state index in [1.807, 2.05) is 32.9 Å². The van der Waals surface area contributed by atoms with E-state index in [-0.39, 0.29) is 30.5 Å². The van der Waals surface area contributed by atoms with Crippen LogP contribution in [0.2, 0.25) is 0 Å². The molecular weight excluding hydrogens is 583 g/mol. The van der Waals surface area contributed by atoms with E-state index >= 15 is 0 Å². The summed E-state index contributed by atoms with van der Waals surface area (Å²) in [6.45, 7) is 6.03. The van der Waals surface area contributed by atoms with Gasteiger partial charge in [-0.15, -0.1) is 0 Å². The second-order valence-electron chi connectivity index (χ2n) is 11.7. The van der Waals surface area contributed by atoms with E-state index in [0.29, 0.717) is 24.6 Å². The van der Waals surface area contributed by atoms with Crippen molar-refractivity contribution < 1.29 is 47.0 Å². The van der Waals surface area contributed by atoms with Gasteiger partial charge in [0.15, 0.2) is 23.2 Å². The third kappa shape index (κ3) is 8.57. The number of nitrogens with one attached hydrogen (secondary N) is 2. The average molecular weight is 620 g/mol. The van der Waals surface area contributed by atoms with E-state index in [2.05, 4.69) is 10.6 Å². The van der Waals surface area contributed by atoms with Crippen LogP contribution in [0.5, 0.6) is 5.75 Å². The summed E-state index contributed by atoms with van der Waals surface area (Å²) in [4.78, 5) is 64.8. The number of Topliss-reactive ketones (excluding diaryl/α,β-unsaturated/α-hetero) is 1. The van der Waals surface area contributed by atoms with Gasteiger partial charge in [0.2, 0.25) is 11.7 Å². The first-order valence-corrected chi connectivity index (χ1v) is 14.1. The summed E-state index contributed by atoms with van der Waals surface area (Å²) < 4.78 is 46.9. The van der Waals surface area contributed by atoms with Crippen LogP contribution < -0.4 is 15.4 Å². The zero-order chi connectivity index (χ0) is 32.8. The van der Waals surface area contributed by atoms with Gasteiger partial charge in [-0.1, -0.05) is 45.4 Å². The fourth-order valence-electron chi connectivity index (χ4n) is 4.89. The molecule has 2 atom stereocenters. The minimum Gasteiger partial charge on any atom is -0.481 e. The van der Waals surface area contributed by atoms with Gasteiger partial charge in [-0.3, -0.25) is 24.0 Å². The third-order valence-electron chi connectivity index (χ3n) is 7.25. The second-order valence-corrected chi connectivity index (χ2v) is 11.7. The largest absolute Gasteiger partial charge is 0.481 e. The predicted octanol–water partition coefficient (Wildman–Crippen LogP) is 3.88. The number of ketones is 1. The van der Waals surface area contributed by atoms with Gasteiger partial charge in [-0.25, -0.2) is 8.78 Å². The first kappa shape index (κ1) is 34.1. The number of amides is 3. The van der Waals surface area contributed by atoms with Crippen molar-refractivity contribution in [1.82, 2.24) is 10.2 Å². The van der Waals surface area contributed by atoms with Crippen LogP contribution in [-0.2, 0) is 29.4 Å². The number of ether oxygens (including phenoxy) is 1. The molecule has 1 aliphatic rings. The zero-order valence-corrected chi connectivity index (χ0v) is 25.0. The molecule has 1 saturated heterocycles. The highest BCUT2D eigenvalue weighted by Gasteiger charge is 2.33. The summed E-state index contributed by atoms with van der Waals surface area (Å²) in [5.74, 6) is -11.3. The molecule has 10 nitrogen and oxygen atoms in total. The first-order valence-electron chi connectivity index (χ1n) is 14.1. The number of benzene rings is 2. The fraction of sp³-hybridized carbons (Fsp3) is 0.452. The van der Waals surface area contributed by atoms with E-state index in [1.54, 1.807) is 12.1 Å². The lowest BCUT2D eigenvalue weighted by Gasteiger charge is -2.26.